The van der Waals surface area contributed by atoms with Crippen molar-refractivity contribution in [3.63, 3.8) is 0 Å². The minimum Gasteiger partial charge on any atom is -0.384 e. The van der Waals surface area contributed by atoms with E-state index in [-0.39, 0.29) is 18.3 Å². The second-order valence-corrected chi connectivity index (χ2v) is 3.65. The van der Waals surface area contributed by atoms with Crippen LogP contribution in [0.15, 0.2) is 29.4 Å². The molecule has 92 valence electrons. The average molecular weight is 256 g/mol. The summed E-state index contributed by atoms with van der Waals surface area (Å²) in [7, 11) is 0. The van der Waals surface area contributed by atoms with Gasteiger partial charge in [-0.1, -0.05) is 28.9 Å². The van der Waals surface area contributed by atoms with Crippen LogP contribution < -0.4 is 11.1 Å². The second-order valence-electron chi connectivity index (χ2n) is 3.21. The van der Waals surface area contributed by atoms with Crippen LogP contribution in [0.4, 0.5) is 0 Å². The summed E-state index contributed by atoms with van der Waals surface area (Å²) < 4.78 is 0. The number of oxime groups is 1. The Morgan fingerprint density at radius 1 is 1.59 bits per heavy atom. The van der Waals surface area contributed by atoms with Gasteiger partial charge in [0.05, 0.1) is 0 Å². The molecule has 0 aromatic heterocycles. The molecular formula is C11H14ClN3O2. The quantitative estimate of drug-likeness (QED) is 0.470. The van der Waals surface area contributed by atoms with Crippen molar-refractivity contribution in [1.82, 2.24) is 5.32 Å². The maximum absolute atomic E-state index is 11.0. The molecule has 0 aliphatic heterocycles. The van der Waals surface area contributed by atoms with Gasteiger partial charge >= 0.3 is 0 Å². The lowest BCUT2D eigenvalue weighted by molar-refractivity contribution is -0.125. The van der Waals surface area contributed by atoms with E-state index in [0.717, 1.165) is 0 Å². The first-order chi connectivity index (χ1) is 8.13. The number of hydrogen-bond donors (Lipinski definition) is 2. The number of amides is 1. The molecule has 1 aromatic carbocycles. The van der Waals surface area contributed by atoms with Gasteiger partial charge in [-0.25, -0.2) is 0 Å². The summed E-state index contributed by atoms with van der Waals surface area (Å²) in [6, 6.07) is 6.90. The van der Waals surface area contributed by atoms with Crippen LogP contribution in [0.3, 0.4) is 0 Å². The molecule has 0 aliphatic carbocycles. The van der Waals surface area contributed by atoms with E-state index in [0.29, 0.717) is 17.1 Å². The van der Waals surface area contributed by atoms with Gasteiger partial charge in [0.15, 0.2) is 12.4 Å². The van der Waals surface area contributed by atoms with Gasteiger partial charge in [-0.15, -0.1) is 0 Å². The Bertz CT molecular complexity index is 421. The van der Waals surface area contributed by atoms with Crippen LogP contribution in [-0.4, -0.2) is 24.9 Å². The van der Waals surface area contributed by atoms with Crippen molar-refractivity contribution in [2.75, 3.05) is 13.2 Å². The highest BCUT2D eigenvalue weighted by atomic mass is 35.5. The fourth-order valence-electron chi connectivity index (χ4n) is 1.11. The lowest BCUT2D eigenvalue weighted by Gasteiger charge is -2.03. The molecule has 0 saturated heterocycles. The molecule has 0 heterocycles. The molecule has 0 unspecified atom stereocenters. The first-order valence-electron chi connectivity index (χ1n) is 5.11. The first kappa shape index (κ1) is 13.3. The van der Waals surface area contributed by atoms with Gasteiger partial charge in [0.1, 0.15) is 0 Å². The maximum Gasteiger partial charge on any atom is 0.260 e. The van der Waals surface area contributed by atoms with E-state index in [1.165, 1.54) is 0 Å². The number of carbonyl (C=O) groups excluding carboxylic acids is 1. The van der Waals surface area contributed by atoms with E-state index in [9.17, 15) is 4.79 Å². The molecule has 17 heavy (non-hydrogen) atoms. The number of carbonyl (C=O) groups is 1. The van der Waals surface area contributed by atoms with Crippen LogP contribution in [0, 0.1) is 0 Å². The van der Waals surface area contributed by atoms with Gasteiger partial charge in [0.2, 0.25) is 0 Å². The number of amidine groups is 1. The normalized spacial score (nSPS) is 11.1. The zero-order valence-corrected chi connectivity index (χ0v) is 10.2. The Balaban J connectivity index is 2.52. The standard InChI is InChI=1S/C11H14ClN3O2/c1-2-14-10(16)7-17-15-11(13)8-4-3-5-9(12)6-8/h3-6H,2,7H2,1H3,(H2,13,15)(H,14,16). The van der Waals surface area contributed by atoms with Crippen LogP contribution >= 0.6 is 11.6 Å². The van der Waals surface area contributed by atoms with Crippen LogP contribution in [-0.2, 0) is 9.63 Å². The molecular weight excluding hydrogens is 242 g/mol. The number of likely N-dealkylation sites (N-methyl/N-ethyl adjacent to an activating group) is 1. The van der Waals surface area contributed by atoms with E-state index < -0.39 is 0 Å². The van der Waals surface area contributed by atoms with Gasteiger partial charge in [0, 0.05) is 17.1 Å². The molecule has 0 aliphatic rings. The molecule has 1 aromatic rings. The number of nitrogens with zero attached hydrogens (tertiary/aromatic N) is 1. The van der Waals surface area contributed by atoms with Crippen LogP contribution in [0.25, 0.3) is 0 Å². The van der Waals surface area contributed by atoms with E-state index in [1.54, 1.807) is 24.3 Å². The maximum atomic E-state index is 11.0. The Kier molecular flexibility index (Phi) is 5.29. The van der Waals surface area contributed by atoms with Crippen LogP contribution in [0.5, 0.6) is 0 Å². The van der Waals surface area contributed by atoms with Crippen molar-refractivity contribution >= 4 is 23.3 Å². The van der Waals surface area contributed by atoms with Crippen molar-refractivity contribution in [3.05, 3.63) is 34.9 Å². The lowest BCUT2D eigenvalue weighted by Crippen LogP contribution is -2.27. The Hall–Kier alpha value is -1.75. The number of hydrogen-bond acceptors (Lipinski definition) is 3. The summed E-state index contributed by atoms with van der Waals surface area (Å²) in [5.41, 5.74) is 6.31. The summed E-state index contributed by atoms with van der Waals surface area (Å²) in [5, 5.41) is 6.77. The average Bonchev–Trinajstić information content (AvgIpc) is 2.29. The van der Waals surface area contributed by atoms with Crippen molar-refractivity contribution in [2.24, 2.45) is 10.9 Å². The third-order valence-corrected chi connectivity index (χ3v) is 2.09. The second kappa shape index (κ2) is 6.75. The highest BCUT2D eigenvalue weighted by molar-refractivity contribution is 6.31. The van der Waals surface area contributed by atoms with E-state index in [4.69, 9.17) is 22.2 Å². The van der Waals surface area contributed by atoms with Crippen molar-refractivity contribution in [2.45, 2.75) is 6.92 Å². The highest BCUT2D eigenvalue weighted by Crippen LogP contribution is 2.10. The molecule has 1 rings (SSSR count). The van der Waals surface area contributed by atoms with Crippen LogP contribution in [0.2, 0.25) is 5.02 Å². The van der Waals surface area contributed by atoms with E-state index in [2.05, 4.69) is 10.5 Å². The van der Waals surface area contributed by atoms with E-state index >= 15 is 0 Å². The molecule has 3 N–H and O–H groups in total. The largest absolute Gasteiger partial charge is 0.384 e. The summed E-state index contributed by atoms with van der Waals surface area (Å²) in [4.78, 5) is 15.9. The first-order valence-corrected chi connectivity index (χ1v) is 5.49. The summed E-state index contributed by atoms with van der Waals surface area (Å²) >= 11 is 5.80. The summed E-state index contributed by atoms with van der Waals surface area (Å²) in [6.45, 7) is 2.21. The number of nitrogens with two attached hydrogens (primary N) is 1. The molecule has 0 spiro atoms. The van der Waals surface area contributed by atoms with Gasteiger partial charge in [-0.3, -0.25) is 4.79 Å². The zero-order valence-electron chi connectivity index (χ0n) is 9.44. The molecule has 0 fully saturated rings. The Morgan fingerprint density at radius 3 is 3.00 bits per heavy atom. The summed E-state index contributed by atoms with van der Waals surface area (Å²) in [5.74, 6) is -0.0630. The number of benzene rings is 1. The predicted octanol–water partition coefficient (Wildman–Crippen LogP) is 1.11. The van der Waals surface area contributed by atoms with Crippen molar-refractivity contribution < 1.29 is 9.63 Å². The molecule has 0 atom stereocenters. The number of rotatable bonds is 5. The molecule has 6 heteroatoms. The van der Waals surface area contributed by atoms with Gasteiger partial charge < -0.3 is 15.9 Å². The third-order valence-electron chi connectivity index (χ3n) is 1.85. The molecule has 0 bridgehead atoms. The molecule has 0 radical (unpaired) electrons. The summed E-state index contributed by atoms with van der Waals surface area (Å²) in [6.07, 6.45) is 0. The Morgan fingerprint density at radius 2 is 2.35 bits per heavy atom. The topological polar surface area (TPSA) is 76.7 Å². The van der Waals surface area contributed by atoms with Gasteiger partial charge in [-0.2, -0.15) is 0 Å². The molecule has 0 saturated carbocycles. The van der Waals surface area contributed by atoms with Gasteiger partial charge in [0.25, 0.3) is 5.91 Å². The number of nitrogens with one attached hydrogen (secondary N) is 1. The smallest absolute Gasteiger partial charge is 0.260 e. The fourth-order valence-corrected chi connectivity index (χ4v) is 1.30. The molecule has 5 nitrogen and oxygen atoms in total. The van der Waals surface area contributed by atoms with Crippen LogP contribution in [0.1, 0.15) is 12.5 Å². The molecule has 1 amide bonds. The number of halogens is 1. The minimum atomic E-state index is -0.241. The lowest BCUT2D eigenvalue weighted by atomic mass is 10.2. The minimum absolute atomic E-state index is 0.158. The SMILES string of the molecule is CCNC(=O)CO/N=C(\N)c1cccc(Cl)c1. The third kappa shape index (κ3) is 4.74. The highest BCUT2D eigenvalue weighted by Gasteiger charge is 2.01. The Labute approximate surface area is 105 Å². The van der Waals surface area contributed by atoms with Crippen molar-refractivity contribution in [3.8, 4) is 0 Å². The fraction of sp³-hybridized carbons (Fsp3) is 0.273. The predicted molar refractivity (Wildman–Crippen MR) is 66.8 cm³/mol. The monoisotopic (exact) mass is 255 g/mol. The van der Waals surface area contributed by atoms with Crippen molar-refractivity contribution in [1.29, 1.82) is 0 Å². The zero-order chi connectivity index (χ0) is 12.7. The van der Waals surface area contributed by atoms with Gasteiger partial charge in [-0.05, 0) is 19.1 Å². The van der Waals surface area contributed by atoms with E-state index in [1.807, 2.05) is 6.92 Å².